The van der Waals surface area contributed by atoms with Crippen LogP contribution in [0.5, 0.6) is 0 Å². The SMILES string of the molecule is O=C1NCC/C1=C/c1ccc(-c2ccc3c(c2)COC3=O)s1. The van der Waals surface area contributed by atoms with Crippen LogP contribution < -0.4 is 5.32 Å². The molecule has 0 radical (unpaired) electrons. The molecule has 4 nitrogen and oxygen atoms in total. The van der Waals surface area contributed by atoms with Crippen molar-refractivity contribution in [2.24, 2.45) is 0 Å². The second-order valence-corrected chi connectivity index (χ2v) is 6.44. The normalized spacial score (nSPS) is 18.5. The Hall–Kier alpha value is -2.40. The van der Waals surface area contributed by atoms with Crippen LogP contribution in [-0.4, -0.2) is 18.4 Å². The van der Waals surface area contributed by atoms with Crippen LogP contribution in [-0.2, 0) is 16.1 Å². The number of thiophene rings is 1. The Balaban J connectivity index is 1.65. The highest BCUT2D eigenvalue weighted by atomic mass is 32.1. The maximum atomic E-state index is 11.6. The molecule has 110 valence electrons. The molecule has 3 heterocycles. The molecule has 0 saturated carbocycles. The van der Waals surface area contributed by atoms with Crippen molar-refractivity contribution >= 4 is 29.3 Å². The maximum absolute atomic E-state index is 11.6. The number of hydrogen-bond acceptors (Lipinski definition) is 4. The van der Waals surface area contributed by atoms with Crippen LogP contribution in [0.2, 0.25) is 0 Å². The summed E-state index contributed by atoms with van der Waals surface area (Å²) in [5, 5.41) is 2.81. The van der Waals surface area contributed by atoms with Crippen LogP contribution in [0.1, 0.15) is 27.2 Å². The summed E-state index contributed by atoms with van der Waals surface area (Å²) in [4.78, 5) is 25.3. The molecule has 1 N–H and O–H groups in total. The van der Waals surface area contributed by atoms with Gasteiger partial charge >= 0.3 is 5.97 Å². The second kappa shape index (κ2) is 5.10. The third-order valence-electron chi connectivity index (χ3n) is 3.88. The summed E-state index contributed by atoms with van der Waals surface area (Å²) in [5.74, 6) is -0.214. The molecule has 1 fully saturated rings. The number of esters is 1. The lowest BCUT2D eigenvalue weighted by Gasteiger charge is -1.99. The predicted molar refractivity (Wildman–Crippen MR) is 84.5 cm³/mol. The summed E-state index contributed by atoms with van der Waals surface area (Å²) in [6, 6.07) is 9.83. The quantitative estimate of drug-likeness (QED) is 0.685. The van der Waals surface area contributed by atoms with Gasteiger partial charge in [0, 0.05) is 27.4 Å². The van der Waals surface area contributed by atoms with Gasteiger partial charge in [-0.2, -0.15) is 0 Å². The van der Waals surface area contributed by atoms with E-state index < -0.39 is 0 Å². The van der Waals surface area contributed by atoms with Crippen molar-refractivity contribution in [2.75, 3.05) is 6.54 Å². The first kappa shape index (κ1) is 13.3. The molecule has 2 aromatic rings. The topological polar surface area (TPSA) is 55.4 Å². The summed E-state index contributed by atoms with van der Waals surface area (Å²) in [6.45, 7) is 1.08. The molecule has 1 amide bonds. The summed E-state index contributed by atoms with van der Waals surface area (Å²) in [5.41, 5.74) is 3.50. The van der Waals surface area contributed by atoms with E-state index in [0.717, 1.165) is 39.4 Å². The number of carbonyl (C=O) groups excluding carboxylic acids is 2. The van der Waals surface area contributed by atoms with Gasteiger partial charge in [-0.1, -0.05) is 6.07 Å². The third kappa shape index (κ3) is 2.23. The number of amides is 1. The predicted octanol–water partition coefficient (Wildman–Crippen LogP) is 2.99. The largest absolute Gasteiger partial charge is 0.457 e. The van der Waals surface area contributed by atoms with E-state index in [-0.39, 0.29) is 11.9 Å². The van der Waals surface area contributed by atoms with E-state index in [0.29, 0.717) is 12.2 Å². The van der Waals surface area contributed by atoms with Crippen molar-refractivity contribution in [1.82, 2.24) is 5.32 Å². The summed E-state index contributed by atoms with van der Waals surface area (Å²) in [7, 11) is 0. The van der Waals surface area contributed by atoms with Crippen molar-refractivity contribution in [2.45, 2.75) is 13.0 Å². The highest BCUT2D eigenvalue weighted by molar-refractivity contribution is 7.16. The molecular formula is C17H13NO3S. The van der Waals surface area contributed by atoms with Gasteiger partial charge in [0.05, 0.1) is 5.56 Å². The molecule has 5 heteroatoms. The number of carbonyl (C=O) groups is 2. The fourth-order valence-corrected chi connectivity index (χ4v) is 3.69. The van der Waals surface area contributed by atoms with Gasteiger partial charge in [-0.25, -0.2) is 4.79 Å². The minimum Gasteiger partial charge on any atom is -0.457 e. The number of benzene rings is 1. The Labute approximate surface area is 131 Å². The van der Waals surface area contributed by atoms with Crippen LogP contribution in [0.15, 0.2) is 35.9 Å². The van der Waals surface area contributed by atoms with E-state index in [1.807, 2.05) is 36.4 Å². The van der Waals surface area contributed by atoms with Crippen molar-refractivity contribution in [3.8, 4) is 10.4 Å². The van der Waals surface area contributed by atoms with Crippen molar-refractivity contribution in [3.63, 3.8) is 0 Å². The minimum absolute atomic E-state index is 0.0307. The standard InChI is InChI=1S/C17H13NO3S/c19-16-11(5-6-18-16)8-13-2-4-15(22-13)10-1-3-14-12(7-10)9-21-17(14)20/h1-4,7-8H,5-6,9H2,(H,18,19)/b11-8-. The highest BCUT2D eigenvalue weighted by Crippen LogP contribution is 2.32. The monoisotopic (exact) mass is 311 g/mol. The molecule has 0 atom stereocenters. The Morgan fingerprint density at radius 1 is 1.18 bits per heavy atom. The number of ether oxygens (including phenoxy) is 1. The molecule has 0 bridgehead atoms. The molecule has 0 aliphatic carbocycles. The van der Waals surface area contributed by atoms with Crippen LogP contribution in [0.3, 0.4) is 0 Å². The van der Waals surface area contributed by atoms with Crippen molar-refractivity contribution in [3.05, 3.63) is 51.9 Å². The number of cyclic esters (lactones) is 1. The zero-order chi connectivity index (χ0) is 15.1. The third-order valence-corrected chi connectivity index (χ3v) is 4.96. The van der Waals surface area contributed by atoms with E-state index in [4.69, 9.17) is 4.74 Å². The number of hydrogen-bond donors (Lipinski definition) is 1. The van der Waals surface area contributed by atoms with E-state index in [1.54, 1.807) is 11.3 Å². The molecule has 22 heavy (non-hydrogen) atoms. The Morgan fingerprint density at radius 3 is 2.91 bits per heavy atom. The average molecular weight is 311 g/mol. The fourth-order valence-electron chi connectivity index (χ4n) is 2.72. The number of nitrogens with one attached hydrogen (secondary N) is 1. The molecule has 0 spiro atoms. The van der Waals surface area contributed by atoms with Crippen molar-refractivity contribution < 1.29 is 14.3 Å². The average Bonchev–Trinajstić information content (AvgIpc) is 3.22. The summed E-state index contributed by atoms with van der Waals surface area (Å²) >= 11 is 1.64. The summed E-state index contributed by atoms with van der Waals surface area (Å²) in [6.07, 6.45) is 2.74. The molecular weight excluding hydrogens is 298 g/mol. The summed E-state index contributed by atoms with van der Waals surface area (Å²) < 4.78 is 5.03. The maximum Gasteiger partial charge on any atom is 0.338 e. The van der Waals surface area contributed by atoms with E-state index in [1.165, 1.54) is 0 Å². The van der Waals surface area contributed by atoms with Gasteiger partial charge in [0.1, 0.15) is 6.61 Å². The van der Waals surface area contributed by atoms with E-state index >= 15 is 0 Å². The molecule has 1 aromatic carbocycles. The lowest BCUT2D eigenvalue weighted by atomic mass is 10.1. The smallest absolute Gasteiger partial charge is 0.338 e. The van der Waals surface area contributed by atoms with E-state index in [2.05, 4.69) is 5.32 Å². The van der Waals surface area contributed by atoms with Crippen LogP contribution in [0.25, 0.3) is 16.5 Å². The van der Waals surface area contributed by atoms with Crippen LogP contribution >= 0.6 is 11.3 Å². The first-order valence-electron chi connectivity index (χ1n) is 7.10. The lowest BCUT2D eigenvalue weighted by molar-refractivity contribution is -0.116. The Kier molecular flexibility index (Phi) is 3.08. The molecule has 2 aliphatic heterocycles. The Bertz CT molecular complexity index is 819. The number of fused-ring (bicyclic) bond motifs is 1. The molecule has 2 aliphatic rings. The second-order valence-electron chi connectivity index (χ2n) is 5.33. The van der Waals surface area contributed by atoms with Gasteiger partial charge in [-0.3, -0.25) is 4.79 Å². The van der Waals surface area contributed by atoms with Crippen LogP contribution in [0, 0.1) is 0 Å². The van der Waals surface area contributed by atoms with Crippen LogP contribution in [0.4, 0.5) is 0 Å². The molecule has 1 aromatic heterocycles. The highest BCUT2D eigenvalue weighted by Gasteiger charge is 2.21. The molecule has 1 saturated heterocycles. The first-order chi connectivity index (χ1) is 10.7. The van der Waals surface area contributed by atoms with Gasteiger partial charge in [0.15, 0.2) is 0 Å². The van der Waals surface area contributed by atoms with E-state index in [9.17, 15) is 9.59 Å². The van der Waals surface area contributed by atoms with Gasteiger partial charge in [0.25, 0.3) is 0 Å². The van der Waals surface area contributed by atoms with Crippen molar-refractivity contribution in [1.29, 1.82) is 0 Å². The fraction of sp³-hybridized carbons (Fsp3) is 0.176. The first-order valence-corrected chi connectivity index (χ1v) is 7.91. The molecule has 4 rings (SSSR count). The lowest BCUT2D eigenvalue weighted by Crippen LogP contribution is -2.13. The van der Waals surface area contributed by atoms with Gasteiger partial charge in [-0.05, 0) is 42.3 Å². The zero-order valence-electron chi connectivity index (χ0n) is 11.7. The van der Waals surface area contributed by atoms with Gasteiger partial charge in [0.2, 0.25) is 5.91 Å². The molecule has 0 unspecified atom stereocenters. The number of rotatable bonds is 2. The zero-order valence-corrected chi connectivity index (χ0v) is 12.5. The van der Waals surface area contributed by atoms with Gasteiger partial charge < -0.3 is 10.1 Å². The van der Waals surface area contributed by atoms with Gasteiger partial charge in [-0.15, -0.1) is 11.3 Å². The Morgan fingerprint density at radius 2 is 2.09 bits per heavy atom. The minimum atomic E-state index is -0.245.